The van der Waals surface area contributed by atoms with Gasteiger partial charge in [0.05, 0.1) is 24.6 Å². The second-order valence-corrected chi connectivity index (χ2v) is 6.77. The molecular formula is C22H19N5O4. The molecule has 0 aliphatic carbocycles. The lowest BCUT2D eigenvalue weighted by Gasteiger charge is -2.08. The van der Waals surface area contributed by atoms with E-state index >= 15 is 0 Å². The summed E-state index contributed by atoms with van der Waals surface area (Å²) in [6, 6.07) is 16.1. The molecule has 9 heteroatoms. The van der Waals surface area contributed by atoms with E-state index in [-0.39, 0.29) is 24.6 Å². The van der Waals surface area contributed by atoms with Crippen molar-refractivity contribution in [3.05, 3.63) is 88.6 Å². The van der Waals surface area contributed by atoms with Crippen LogP contribution in [0.1, 0.15) is 15.9 Å². The van der Waals surface area contributed by atoms with Gasteiger partial charge in [0.2, 0.25) is 5.91 Å². The average molecular weight is 417 g/mol. The summed E-state index contributed by atoms with van der Waals surface area (Å²) in [5.74, 6) is -0.760. The van der Waals surface area contributed by atoms with Crippen molar-refractivity contribution in [2.75, 3.05) is 7.11 Å². The van der Waals surface area contributed by atoms with Crippen molar-refractivity contribution in [1.82, 2.24) is 24.6 Å². The monoisotopic (exact) mass is 417 g/mol. The van der Waals surface area contributed by atoms with E-state index in [4.69, 9.17) is 0 Å². The lowest BCUT2D eigenvalue weighted by Crippen LogP contribution is -2.32. The Morgan fingerprint density at radius 3 is 2.52 bits per heavy atom. The fourth-order valence-electron chi connectivity index (χ4n) is 3.11. The van der Waals surface area contributed by atoms with Gasteiger partial charge >= 0.3 is 5.97 Å². The lowest BCUT2D eigenvalue weighted by atomic mass is 10.1. The molecule has 0 spiro atoms. The number of esters is 1. The topological polar surface area (TPSA) is 108 Å². The summed E-state index contributed by atoms with van der Waals surface area (Å²) >= 11 is 0. The molecule has 2 aromatic heterocycles. The molecule has 0 unspecified atom stereocenters. The first-order chi connectivity index (χ1) is 15.1. The van der Waals surface area contributed by atoms with E-state index in [9.17, 15) is 14.4 Å². The highest BCUT2D eigenvalue weighted by molar-refractivity contribution is 5.89. The van der Waals surface area contributed by atoms with Gasteiger partial charge in [0.25, 0.3) is 5.56 Å². The predicted octanol–water partition coefficient (Wildman–Crippen LogP) is 1.69. The Bertz CT molecular complexity index is 1290. The minimum absolute atomic E-state index is 0.168. The first kappa shape index (κ1) is 20.0. The third-order valence-electron chi connectivity index (χ3n) is 4.73. The number of methoxy groups -OCH3 is 1. The van der Waals surface area contributed by atoms with Crippen LogP contribution >= 0.6 is 0 Å². The van der Waals surface area contributed by atoms with Crippen LogP contribution in [0, 0.1) is 0 Å². The van der Waals surface area contributed by atoms with Crippen molar-refractivity contribution < 1.29 is 14.3 Å². The number of nitrogens with zero attached hydrogens (tertiary/aromatic N) is 4. The standard InChI is InChI=1S/C22H19N5O4/c1-31-22(30)16-9-7-15(8-10-16)11-23-19(28)13-26-14-24-20-18(21(26)29)12-25-27(20)17-5-3-2-4-6-17/h2-10,12,14H,11,13H2,1H3,(H,23,28). The van der Waals surface area contributed by atoms with Crippen molar-refractivity contribution >= 4 is 22.9 Å². The SMILES string of the molecule is COC(=O)c1ccc(CNC(=O)Cn2cnc3c(cnn3-c3ccccc3)c2=O)cc1. The minimum Gasteiger partial charge on any atom is -0.465 e. The van der Waals surface area contributed by atoms with Crippen molar-refractivity contribution in [2.24, 2.45) is 0 Å². The molecule has 0 bridgehead atoms. The molecule has 0 aliphatic heterocycles. The number of carbonyl (C=O) groups is 2. The quantitative estimate of drug-likeness (QED) is 0.478. The second-order valence-electron chi connectivity index (χ2n) is 6.77. The fraction of sp³-hybridized carbons (Fsp3) is 0.136. The van der Waals surface area contributed by atoms with Crippen LogP contribution in [0.2, 0.25) is 0 Å². The molecular weight excluding hydrogens is 398 g/mol. The molecule has 4 rings (SSSR count). The van der Waals surface area contributed by atoms with E-state index in [2.05, 4.69) is 20.1 Å². The smallest absolute Gasteiger partial charge is 0.337 e. The van der Waals surface area contributed by atoms with E-state index in [0.717, 1.165) is 11.3 Å². The number of hydrogen-bond donors (Lipinski definition) is 1. The largest absolute Gasteiger partial charge is 0.465 e. The lowest BCUT2D eigenvalue weighted by molar-refractivity contribution is -0.121. The number of amides is 1. The van der Waals surface area contributed by atoms with E-state index in [1.165, 1.54) is 24.2 Å². The van der Waals surface area contributed by atoms with Gasteiger partial charge in [-0.1, -0.05) is 30.3 Å². The number of nitrogens with one attached hydrogen (secondary N) is 1. The summed E-state index contributed by atoms with van der Waals surface area (Å²) in [5, 5.41) is 7.34. The van der Waals surface area contributed by atoms with Crippen LogP contribution < -0.4 is 10.9 Å². The predicted molar refractivity (Wildman–Crippen MR) is 113 cm³/mol. The Morgan fingerprint density at radius 1 is 1.06 bits per heavy atom. The van der Waals surface area contributed by atoms with E-state index in [1.807, 2.05) is 30.3 Å². The number of ether oxygens (including phenoxy) is 1. The van der Waals surface area contributed by atoms with Crippen molar-refractivity contribution in [2.45, 2.75) is 13.1 Å². The first-order valence-electron chi connectivity index (χ1n) is 9.49. The van der Waals surface area contributed by atoms with Crippen molar-refractivity contribution in [1.29, 1.82) is 0 Å². The van der Waals surface area contributed by atoms with E-state index < -0.39 is 5.97 Å². The molecule has 0 fully saturated rings. The Kier molecular flexibility index (Phi) is 5.57. The van der Waals surface area contributed by atoms with Gasteiger partial charge < -0.3 is 10.1 Å². The Morgan fingerprint density at radius 2 is 1.81 bits per heavy atom. The van der Waals surface area contributed by atoms with E-state index in [1.54, 1.807) is 28.9 Å². The van der Waals surface area contributed by atoms with Gasteiger partial charge in [-0.3, -0.25) is 14.2 Å². The molecule has 0 saturated heterocycles. The Balaban J connectivity index is 1.45. The van der Waals surface area contributed by atoms with Gasteiger partial charge in [-0.05, 0) is 29.8 Å². The number of hydrogen-bond acceptors (Lipinski definition) is 6. The fourth-order valence-corrected chi connectivity index (χ4v) is 3.11. The van der Waals surface area contributed by atoms with Gasteiger partial charge in [-0.15, -0.1) is 0 Å². The summed E-state index contributed by atoms with van der Waals surface area (Å²) in [6.45, 7) is 0.0924. The molecule has 1 N–H and O–H groups in total. The summed E-state index contributed by atoms with van der Waals surface area (Å²) < 4.78 is 7.48. The maximum atomic E-state index is 12.8. The highest BCUT2D eigenvalue weighted by Gasteiger charge is 2.13. The van der Waals surface area contributed by atoms with Crippen LogP contribution in [0.5, 0.6) is 0 Å². The number of aromatic nitrogens is 4. The highest BCUT2D eigenvalue weighted by Crippen LogP contribution is 2.13. The van der Waals surface area contributed by atoms with Gasteiger partial charge in [-0.25, -0.2) is 14.5 Å². The zero-order valence-electron chi connectivity index (χ0n) is 16.7. The molecule has 0 atom stereocenters. The van der Waals surface area contributed by atoms with Crippen LogP contribution in [0.3, 0.4) is 0 Å². The number of carbonyl (C=O) groups excluding carboxylic acids is 2. The third-order valence-corrected chi connectivity index (χ3v) is 4.73. The molecule has 9 nitrogen and oxygen atoms in total. The zero-order chi connectivity index (χ0) is 21.8. The van der Waals surface area contributed by atoms with Gasteiger partial charge in [0.15, 0.2) is 5.65 Å². The van der Waals surface area contributed by atoms with Crippen molar-refractivity contribution in [3.63, 3.8) is 0 Å². The number of rotatable bonds is 6. The number of fused-ring (bicyclic) bond motifs is 1. The average Bonchev–Trinajstić information content (AvgIpc) is 3.25. The Hall–Kier alpha value is -4.27. The molecule has 31 heavy (non-hydrogen) atoms. The van der Waals surface area contributed by atoms with Crippen LogP contribution in [0.15, 0.2) is 71.9 Å². The first-order valence-corrected chi connectivity index (χ1v) is 9.49. The summed E-state index contributed by atoms with van der Waals surface area (Å²) in [5.41, 5.74) is 2.12. The molecule has 1 amide bonds. The third kappa shape index (κ3) is 4.20. The minimum atomic E-state index is -0.423. The van der Waals surface area contributed by atoms with Crippen LogP contribution in [0.25, 0.3) is 16.7 Å². The summed E-state index contributed by atoms with van der Waals surface area (Å²) in [4.78, 5) is 40.9. The molecule has 2 aromatic carbocycles. The van der Waals surface area contributed by atoms with Crippen molar-refractivity contribution in [3.8, 4) is 5.69 Å². The number of benzene rings is 2. The molecule has 0 radical (unpaired) electrons. The normalized spacial score (nSPS) is 10.7. The summed E-state index contributed by atoms with van der Waals surface area (Å²) in [7, 11) is 1.32. The van der Waals surface area contributed by atoms with Gasteiger partial charge in [0, 0.05) is 6.54 Å². The molecule has 0 aliphatic rings. The van der Waals surface area contributed by atoms with E-state index in [0.29, 0.717) is 16.6 Å². The molecule has 0 saturated carbocycles. The number of para-hydroxylation sites is 1. The highest BCUT2D eigenvalue weighted by atomic mass is 16.5. The summed E-state index contributed by atoms with van der Waals surface area (Å²) in [6.07, 6.45) is 2.80. The van der Waals surface area contributed by atoms with Crippen LogP contribution in [-0.2, 0) is 22.6 Å². The maximum absolute atomic E-state index is 12.8. The maximum Gasteiger partial charge on any atom is 0.337 e. The molecule has 2 heterocycles. The molecule has 156 valence electrons. The Labute approximate surface area is 176 Å². The van der Waals surface area contributed by atoms with Crippen LogP contribution in [0.4, 0.5) is 0 Å². The van der Waals surface area contributed by atoms with Gasteiger partial charge in [-0.2, -0.15) is 5.10 Å². The van der Waals surface area contributed by atoms with Gasteiger partial charge in [0.1, 0.15) is 18.3 Å². The second kappa shape index (κ2) is 8.62. The zero-order valence-corrected chi connectivity index (χ0v) is 16.7. The molecule has 4 aromatic rings. The van der Waals surface area contributed by atoms with Crippen LogP contribution in [-0.4, -0.2) is 38.3 Å².